The van der Waals surface area contributed by atoms with E-state index in [1.165, 1.54) is 0 Å². The molecule has 1 fully saturated rings. The summed E-state index contributed by atoms with van der Waals surface area (Å²) in [6.45, 7) is 7.31. The lowest BCUT2D eigenvalue weighted by Gasteiger charge is -2.32. The Hall–Kier alpha value is -2.10. The van der Waals surface area contributed by atoms with Crippen LogP contribution in [-0.2, 0) is 9.31 Å². The highest BCUT2D eigenvalue weighted by Crippen LogP contribution is 2.36. The molecule has 3 rings (SSSR count). The van der Waals surface area contributed by atoms with Crippen molar-refractivity contribution in [1.29, 1.82) is 5.26 Å². The molecule has 0 amide bonds. The van der Waals surface area contributed by atoms with Gasteiger partial charge in [0.2, 0.25) is 0 Å². The second kappa shape index (κ2) is 4.97. The Kier molecular flexibility index (Phi) is 2.07. The summed E-state index contributed by atoms with van der Waals surface area (Å²) in [5.41, 5.74) is -2.07. The minimum atomic E-state index is -1.04. The summed E-state index contributed by atoms with van der Waals surface area (Å²) in [7, 11) is -1.04. The predicted octanol–water partition coefficient (Wildman–Crippen LogP) is 2.04. The lowest BCUT2D eigenvalue weighted by atomic mass is 9.82. The Morgan fingerprint density at radius 3 is 2.59 bits per heavy atom. The van der Waals surface area contributed by atoms with Gasteiger partial charge in [0.05, 0.1) is 36.7 Å². The molecule has 1 aromatic heterocycles. The molecule has 0 radical (unpaired) electrons. The van der Waals surface area contributed by atoms with E-state index in [-0.39, 0.29) is 23.5 Å². The number of benzene rings is 1. The highest BCUT2D eigenvalue weighted by Gasteiger charge is 2.52. The normalized spacial score (nSPS) is 23.0. The third kappa shape index (κ3) is 2.43. The first-order valence-electron chi connectivity index (χ1n) is 9.76. The van der Waals surface area contributed by atoms with E-state index in [0.29, 0.717) is 0 Å². The van der Waals surface area contributed by atoms with Crippen molar-refractivity contribution >= 4 is 12.6 Å². The second-order valence-corrected chi connectivity index (χ2v) is 5.97. The van der Waals surface area contributed by atoms with Gasteiger partial charge in [0.25, 0.3) is 0 Å². The van der Waals surface area contributed by atoms with Crippen LogP contribution in [0.15, 0.2) is 36.5 Å². The molecule has 0 aliphatic carbocycles. The minimum absolute atomic E-state index is 0.0254. The monoisotopic (exact) mass is 301 g/mol. The summed E-state index contributed by atoms with van der Waals surface area (Å²) in [4.78, 5) is 0. The second-order valence-electron chi connectivity index (χ2n) is 5.97. The maximum atomic E-state index is 9.21. The highest BCUT2D eigenvalue weighted by molar-refractivity contribution is 6.62. The Morgan fingerprint density at radius 1 is 1.27 bits per heavy atom. The molecule has 6 heteroatoms. The standard InChI is InChI=1S/C16H18BN3O2/c1-15(2)16(3,4)22-17(21-15)13-10-19-20(11-13)14-7-5-6-12(8-14)9-18/h5-8,10-11H,1-4H3/i5D,6D,7D,8D,10D,11D. The van der Waals surface area contributed by atoms with Crippen molar-refractivity contribution in [3.63, 3.8) is 0 Å². The van der Waals surface area contributed by atoms with E-state index in [2.05, 4.69) is 5.10 Å². The van der Waals surface area contributed by atoms with E-state index in [0.717, 1.165) is 4.68 Å². The third-order valence-electron chi connectivity index (χ3n) is 3.92. The van der Waals surface area contributed by atoms with Gasteiger partial charge < -0.3 is 9.31 Å². The van der Waals surface area contributed by atoms with Gasteiger partial charge in [-0.15, -0.1) is 0 Å². The summed E-state index contributed by atoms with van der Waals surface area (Å²) in [6.07, 6.45) is -0.672. The molecule has 1 aliphatic rings. The predicted molar refractivity (Wildman–Crippen MR) is 84.0 cm³/mol. The van der Waals surface area contributed by atoms with Gasteiger partial charge in [0.15, 0.2) is 0 Å². The smallest absolute Gasteiger partial charge is 0.399 e. The van der Waals surface area contributed by atoms with Crippen molar-refractivity contribution in [3.05, 3.63) is 42.1 Å². The lowest BCUT2D eigenvalue weighted by Crippen LogP contribution is -2.41. The van der Waals surface area contributed by atoms with Crippen LogP contribution >= 0.6 is 0 Å². The zero-order valence-electron chi connectivity index (χ0n) is 18.7. The molecule has 2 heterocycles. The third-order valence-corrected chi connectivity index (χ3v) is 3.92. The molecule has 22 heavy (non-hydrogen) atoms. The molecule has 1 saturated heterocycles. The van der Waals surface area contributed by atoms with E-state index < -0.39 is 48.1 Å². The van der Waals surface area contributed by atoms with Crippen LogP contribution in [0.4, 0.5) is 0 Å². The summed E-state index contributed by atoms with van der Waals surface area (Å²) in [5.74, 6) is 0. The van der Waals surface area contributed by atoms with E-state index in [1.54, 1.807) is 6.07 Å². The van der Waals surface area contributed by atoms with E-state index in [1.807, 2.05) is 27.7 Å². The van der Waals surface area contributed by atoms with Crippen LogP contribution in [0.3, 0.4) is 0 Å². The first-order valence-corrected chi connectivity index (χ1v) is 6.76. The number of nitriles is 1. The molecular formula is C16H18BN3O2. The van der Waals surface area contributed by atoms with Gasteiger partial charge in [-0.25, -0.2) is 4.68 Å². The van der Waals surface area contributed by atoms with E-state index >= 15 is 0 Å². The summed E-state index contributed by atoms with van der Waals surface area (Å²) < 4.78 is 61.1. The summed E-state index contributed by atoms with van der Waals surface area (Å²) in [6, 6.07) is -0.421. The first kappa shape index (κ1) is 9.14. The molecule has 112 valence electrons. The van der Waals surface area contributed by atoms with Crippen molar-refractivity contribution in [1.82, 2.24) is 9.78 Å². The van der Waals surface area contributed by atoms with Crippen molar-refractivity contribution in [3.8, 4) is 11.8 Å². The zero-order chi connectivity index (χ0) is 21.2. The largest absolute Gasteiger partial charge is 0.498 e. The summed E-state index contributed by atoms with van der Waals surface area (Å²) in [5, 5.41) is 13.1. The molecule has 1 aliphatic heterocycles. The van der Waals surface area contributed by atoms with Gasteiger partial charge in [-0.3, -0.25) is 0 Å². The molecule has 0 atom stereocenters. The van der Waals surface area contributed by atoms with Crippen molar-refractivity contribution in [2.75, 3.05) is 0 Å². The topological polar surface area (TPSA) is 60.1 Å². The van der Waals surface area contributed by atoms with Gasteiger partial charge in [-0.05, 0) is 45.8 Å². The number of nitrogens with zero attached hydrogens (tertiary/aromatic N) is 3. The molecule has 0 spiro atoms. The van der Waals surface area contributed by atoms with Crippen LogP contribution in [-0.4, -0.2) is 28.1 Å². The maximum absolute atomic E-state index is 9.21. The van der Waals surface area contributed by atoms with E-state index in [4.69, 9.17) is 17.5 Å². The molecule has 0 N–H and O–H groups in total. The van der Waals surface area contributed by atoms with Gasteiger partial charge in [0, 0.05) is 17.8 Å². The molecular weight excluding hydrogens is 277 g/mol. The Labute approximate surface area is 139 Å². The summed E-state index contributed by atoms with van der Waals surface area (Å²) >= 11 is 0. The number of hydrogen-bond acceptors (Lipinski definition) is 4. The van der Waals surface area contributed by atoms with Gasteiger partial charge in [-0.1, -0.05) is 6.04 Å². The lowest BCUT2D eigenvalue weighted by molar-refractivity contribution is 0.00578. The Bertz CT molecular complexity index is 1010. The van der Waals surface area contributed by atoms with Gasteiger partial charge in [0.1, 0.15) is 0 Å². The Morgan fingerprint density at radius 2 is 1.95 bits per heavy atom. The first-order chi connectivity index (χ1) is 12.8. The van der Waals surface area contributed by atoms with Crippen LogP contribution in [0.1, 0.15) is 41.5 Å². The fourth-order valence-corrected chi connectivity index (χ4v) is 1.94. The molecule has 5 nitrogen and oxygen atoms in total. The number of rotatable bonds is 2. The van der Waals surface area contributed by atoms with Crippen molar-refractivity contribution in [2.45, 2.75) is 38.9 Å². The van der Waals surface area contributed by atoms with Crippen LogP contribution in [0.25, 0.3) is 5.69 Å². The highest BCUT2D eigenvalue weighted by atomic mass is 16.7. The van der Waals surface area contributed by atoms with E-state index in [9.17, 15) is 5.26 Å². The molecule has 0 bridgehead atoms. The van der Waals surface area contributed by atoms with Gasteiger partial charge in [-0.2, -0.15) is 10.4 Å². The fraction of sp³-hybridized carbons (Fsp3) is 0.375. The maximum Gasteiger partial charge on any atom is 0.498 e. The SMILES string of the molecule is [2H]c1nn(-c2c([2H])c([2H])c([2H])c(C#N)c2[2H])c([2H])c1B1OC(C)(C)C(C)(C)O1. The number of hydrogen-bond donors (Lipinski definition) is 0. The van der Waals surface area contributed by atoms with Crippen LogP contribution in [0.5, 0.6) is 0 Å². The fourth-order valence-electron chi connectivity index (χ4n) is 1.94. The van der Waals surface area contributed by atoms with Crippen LogP contribution < -0.4 is 5.46 Å². The number of aromatic nitrogens is 2. The van der Waals surface area contributed by atoms with Crippen molar-refractivity contribution < 1.29 is 17.5 Å². The quantitative estimate of drug-likeness (QED) is 0.797. The van der Waals surface area contributed by atoms with Crippen LogP contribution in [0.2, 0.25) is 0 Å². The molecule has 1 aromatic carbocycles. The zero-order valence-corrected chi connectivity index (χ0v) is 12.7. The molecule has 2 aromatic rings. The average molecular weight is 301 g/mol. The molecule has 0 saturated carbocycles. The average Bonchev–Trinajstić information content (AvgIpc) is 2.98. The molecule has 0 unspecified atom stereocenters. The van der Waals surface area contributed by atoms with Crippen LogP contribution in [0, 0.1) is 11.3 Å². The Balaban J connectivity index is 2.21. The van der Waals surface area contributed by atoms with Gasteiger partial charge >= 0.3 is 7.12 Å². The van der Waals surface area contributed by atoms with Crippen molar-refractivity contribution in [2.24, 2.45) is 0 Å². The minimum Gasteiger partial charge on any atom is -0.399 e.